The molecule has 0 spiro atoms. The number of thiophene rings is 1. The number of amides is 1. The van der Waals surface area contributed by atoms with Crippen LogP contribution >= 0.6 is 22.9 Å². The Bertz CT molecular complexity index is 1040. The number of rotatable bonds is 5. The van der Waals surface area contributed by atoms with Crippen LogP contribution in [0.2, 0.25) is 5.02 Å². The molecule has 1 heterocycles. The second-order valence-electron chi connectivity index (χ2n) is 6.01. The van der Waals surface area contributed by atoms with Crippen LogP contribution in [0.1, 0.15) is 16.0 Å². The number of ether oxygens (including phenoxy) is 1. The van der Waals surface area contributed by atoms with E-state index in [0.717, 1.165) is 26.1 Å². The van der Waals surface area contributed by atoms with Gasteiger partial charge in [0, 0.05) is 26.7 Å². The van der Waals surface area contributed by atoms with E-state index in [9.17, 15) is 9.59 Å². The minimum absolute atomic E-state index is 0.350. The van der Waals surface area contributed by atoms with Gasteiger partial charge in [-0.25, -0.2) is 4.79 Å². The van der Waals surface area contributed by atoms with Crippen molar-refractivity contribution < 1.29 is 14.3 Å². The van der Waals surface area contributed by atoms with E-state index < -0.39 is 5.97 Å². The van der Waals surface area contributed by atoms with Crippen molar-refractivity contribution in [1.29, 1.82) is 0 Å². The number of benzene rings is 2. The summed E-state index contributed by atoms with van der Waals surface area (Å²) in [6.07, 6.45) is 2.89. The van der Waals surface area contributed by atoms with Gasteiger partial charge in [-0.15, -0.1) is 11.3 Å². The van der Waals surface area contributed by atoms with Crippen molar-refractivity contribution in [2.24, 2.45) is 0 Å². The Labute approximate surface area is 166 Å². The van der Waals surface area contributed by atoms with Crippen LogP contribution in [0.3, 0.4) is 0 Å². The molecule has 4 nitrogen and oxygen atoms in total. The topological polar surface area (TPSA) is 55.4 Å². The maximum Gasteiger partial charge on any atom is 0.331 e. The number of anilines is 1. The van der Waals surface area contributed by atoms with Crippen LogP contribution in [0.4, 0.5) is 5.69 Å². The predicted octanol–water partition coefficient (Wildman–Crippen LogP) is 5.37. The summed E-state index contributed by atoms with van der Waals surface area (Å²) in [5, 5.41) is 4.30. The number of aryl methyl sites for hydroxylation is 1. The number of esters is 1. The molecule has 1 amide bonds. The largest absolute Gasteiger partial charge is 0.452 e. The fourth-order valence-corrected chi connectivity index (χ4v) is 3.94. The predicted molar refractivity (Wildman–Crippen MR) is 111 cm³/mol. The highest BCUT2D eigenvalue weighted by Crippen LogP contribution is 2.35. The standard InChI is InChI=1S/C21H18ClNO3S/c1-13-6-5-8-16(14(13)2)23-19(24)12-26-20(25)11-10-18-21(22)15-7-3-4-9-17(15)27-18/h3-11H,12H2,1-2H3,(H,23,24)/b11-10+. The average Bonchev–Trinajstić information content (AvgIpc) is 2.98. The molecule has 1 N–H and O–H groups in total. The third-order valence-corrected chi connectivity index (χ3v) is 5.81. The summed E-state index contributed by atoms with van der Waals surface area (Å²) in [6, 6.07) is 13.4. The van der Waals surface area contributed by atoms with Crippen LogP contribution in [-0.2, 0) is 14.3 Å². The minimum Gasteiger partial charge on any atom is -0.452 e. The molecule has 0 saturated heterocycles. The van der Waals surface area contributed by atoms with Gasteiger partial charge in [0.2, 0.25) is 0 Å². The Hall–Kier alpha value is -2.63. The minimum atomic E-state index is -0.598. The van der Waals surface area contributed by atoms with Gasteiger partial charge in [-0.05, 0) is 43.2 Å². The number of halogens is 1. The molecule has 3 rings (SSSR count). The average molecular weight is 400 g/mol. The zero-order valence-corrected chi connectivity index (χ0v) is 16.5. The third kappa shape index (κ3) is 4.56. The molecule has 0 aliphatic heterocycles. The molecule has 0 atom stereocenters. The normalized spacial score (nSPS) is 11.1. The first-order valence-corrected chi connectivity index (χ1v) is 9.53. The molecule has 6 heteroatoms. The molecule has 0 fully saturated rings. The molecule has 27 heavy (non-hydrogen) atoms. The summed E-state index contributed by atoms with van der Waals surface area (Å²) in [5.74, 6) is -0.981. The number of fused-ring (bicyclic) bond motifs is 1. The van der Waals surface area contributed by atoms with Crippen molar-refractivity contribution in [3.8, 4) is 0 Å². The summed E-state index contributed by atoms with van der Waals surface area (Å²) in [5.41, 5.74) is 2.77. The van der Waals surface area contributed by atoms with Crippen molar-refractivity contribution in [2.45, 2.75) is 13.8 Å². The van der Waals surface area contributed by atoms with E-state index in [4.69, 9.17) is 16.3 Å². The van der Waals surface area contributed by atoms with E-state index in [-0.39, 0.29) is 12.5 Å². The number of carbonyl (C=O) groups is 2. The summed E-state index contributed by atoms with van der Waals surface area (Å²) in [7, 11) is 0. The van der Waals surface area contributed by atoms with Gasteiger partial charge in [0.15, 0.2) is 6.61 Å². The first-order valence-electron chi connectivity index (χ1n) is 8.33. The van der Waals surface area contributed by atoms with Gasteiger partial charge in [-0.2, -0.15) is 0 Å². The molecule has 0 unspecified atom stereocenters. The summed E-state index contributed by atoms with van der Waals surface area (Å²) >= 11 is 7.82. The lowest BCUT2D eigenvalue weighted by molar-refractivity contribution is -0.142. The maximum atomic E-state index is 12.0. The fraction of sp³-hybridized carbons (Fsp3) is 0.143. The smallest absolute Gasteiger partial charge is 0.331 e. The van der Waals surface area contributed by atoms with Crippen LogP contribution < -0.4 is 5.32 Å². The summed E-state index contributed by atoms with van der Waals surface area (Å²) in [4.78, 5) is 24.7. The lowest BCUT2D eigenvalue weighted by Crippen LogP contribution is -2.20. The van der Waals surface area contributed by atoms with E-state index in [0.29, 0.717) is 10.7 Å². The first-order chi connectivity index (χ1) is 13.0. The zero-order valence-electron chi connectivity index (χ0n) is 14.9. The molecule has 3 aromatic rings. The summed E-state index contributed by atoms with van der Waals surface area (Å²) in [6.45, 7) is 3.54. The third-order valence-electron chi connectivity index (χ3n) is 4.15. The highest BCUT2D eigenvalue weighted by molar-refractivity contribution is 7.20. The fourth-order valence-electron chi connectivity index (χ4n) is 2.54. The number of hydrogen-bond acceptors (Lipinski definition) is 4. The van der Waals surface area contributed by atoms with E-state index in [1.54, 1.807) is 6.08 Å². The second-order valence-corrected chi connectivity index (χ2v) is 7.47. The highest BCUT2D eigenvalue weighted by Gasteiger charge is 2.10. The molecule has 0 radical (unpaired) electrons. The lowest BCUT2D eigenvalue weighted by Gasteiger charge is -2.10. The number of carbonyl (C=O) groups excluding carboxylic acids is 2. The molecule has 138 valence electrons. The van der Waals surface area contributed by atoms with E-state index in [1.165, 1.54) is 17.4 Å². The van der Waals surface area contributed by atoms with Gasteiger partial charge in [-0.1, -0.05) is 41.9 Å². The van der Waals surface area contributed by atoms with Crippen LogP contribution in [0.15, 0.2) is 48.5 Å². The van der Waals surface area contributed by atoms with Crippen molar-refractivity contribution >= 4 is 56.7 Å². The van der Waals surface area contributed by atoms with Gasteiger partial charge in [0.25, 0.3) is 5.91 Å². The Morgan fingerprint density at radius 3 is 2.70 bits per heavy atom. The zero-order chi connectivity index (χ0) is 19.4. The van der Waals surface area contributed by atoms with Gasteiger partial charge in [-0.3, -0.25) is 4.79 Å². The SMILES string of the molecule is Cc1cccc(NC(=O)COC(=O)/C=C/c2sc3ccccc3c2Cl)c1C. The van der Waals surface area contributed by atoms with Crippen molar-refractivity contribution in [2.75, 3.05) is 11.9 Å². The van der Waals surface area contributed by atoms with Crippen LogP contribution in [-0.4, -0.2) is 18.5 Å². The Kier molecular flexibility index (Phi) is 5.94. The molecular weight excluding hydrogens is 382 g/mol. The number of hydrogen-bond donors (Lipinski definition) is 1. The van der Waals surface area contributed by atoms with Crippen LogP contribution in [0.25, 0.3) is 16.2 Å². The Morgan fingerprint density at radius 2 is 1.93 bits per heavy atom. The van der Waals surface area contributed by atoms with Gasteiger partial charge in [0.1, 0.15) is 0 Å². The number of nitrogens with one attached hydrogen (secondary N) is 1. The van der Waals surface area contributed by atoms with Crippen molar-refractivity contribution in [3.05, 3.63) is 69.6 Å². The molecule has 2 aromatic carbocycles. The van der Waals surface area contributed by atoms with E-state index >= 15 is 0 Å². The van der Waals surface area contributed by atoms with E-state index in [2.05, 4.69) is 5.32 Å². The quantitative estimate of drug-likeness (QED) is 0.463. The lowest BCUT2D eigenvalue weighted by atomic mass is 10.1. The molecule has 0 saturated carbocycles. The van der Waals surface area contributed by atoms with E-state index in [1.807, 2.05) is 56.3 Å². The molecule has 0 aliphatic carbocycles. The Morgan fingerprint density at radius 1 is 1.15 bits per heavy atom. The highest BCUT2D eigenvalue weighted by atomic mass is 35.5. The van der Waals surface area contributed by atoms with Crippen molar-refractivity contribution in [3.63, 3.8) is 0 Å². The van der Waals surface area contributed by atoms with Gasteiger partial charge < -0.3 is 10.1 Å². The Balaban J connectivity index is 1.57. The van der Waals surface area contributed by atoms with Crippen LogP contribution in [0.5, 0.6) is 0 Å². The van der Waals surface area contributed by atoms with Crippen molar-refractivity contribution in [1.82, 2.24) is 0 Å². The van der Waals surface area contributed by atoms with Gasteiger partial charge >= 0.3 is 5.97 Å². The molecular formula is C21H18ClNO3S. The molecule has 0 aliphatic rings. The second kappa shape index (κ2) is 8.37. The summed E-state index contributed by atoms with van der Waals surface area (Å²) < 4.78 is 6.05. The van der Waals surface area contributed by atoms with Crippen LogP contribution in [0, 0.1) is 13.8 Å². The van der Waals surface area contributed by atoms with Gasteiger partial charge in [0.05, 0.1) is 5.02 Å². The maximum absolute atomic E-state index is 12.0. The molecule has 0 bridgehead atoms. The monoisotopic (exact) mass is 399 g/mol. The first kappa shape index (κ1) is 19.1. The molecule has 1 aromatic heterocycles.